The molecule has 0 radical (unpaired) electrons. The highest BCUT2D eigenvalue weighted by Crippen LogP contribution is 2.25. The van der Waals surface area contributed by atoms with Gasteiger partial charge in [-0.3, -0.25) is 4.90 Å². The first-order valence-electron chi connectivity index (χ1n) is 6.05. The van der Waals surface area contributed by atoms with Crippen molar-refractivity contribution in [1.29, 1.82) is 0 Å². The molecule has 2 rings (SSSR count). The highest BCUT2D eigenvalue weighted by molar-refractivity contribution is 7.09. The van der Waals surface area contributed by atoms with Crippen LogP contribution in [-0.4, -0.2) is 34.2 Å². The molecule has 0 atom stereocenters. The van der Waals surface area contributed by atoms with E-state index in [0.29, 0.717) is 6.04 Å². The summed E-state index contributed by atoms with van der Waals surface area (Å²) in [7, 11) is 0. The minimum Gasteiger partial charge on any atom is -0.395 e. The van der Waals surface area contributed by atoms with Gasteiger partial charge in [-0.25, -0.2) is 4.98 Å². The minimum absolute atomic E-state index is 0.251. The normalized spacial score (nSPS) is 17.4. The number of rotatable bonds is 5. The molecule has 90 valence electrons. The van der Waals surface area contributed by atoms with Gasteiger partial charge in [0, 0.05) is 23.7 Å². The average molecular weight is 240 g/mol. The monoisotopic (exact) mass is 240 g/mol. The Labute approximate surface area is 101 Å². The number of aryl methyl sites for hydroxylation is 1. The second-order valence-corrected chi connectivity index (χ2v) is 5.46. The van der Waals surface area contributed by atoms with Crippen LogP contribution in [0.25, 0.3) is 0 Å². The molecule has 1 saturated carbocycles. The summed E-state index contributed by atoms with van der Waals surface area (Å²) < 4.78 is 0. The maximum Gasteiger partial charge on any atom is 0.107 e. The Morgan fingerprint density at radius 2 is 2.25 bits per heavy atom. The number of nitrogens with zero attached hydrogens (tertiary/aromatic N) is 2. The molecular formula is C12H20N2OS. The molecular weight excluding hydrogens is 220 g/mol. The second-order valence-electron chi connectivity index (χ2n) is 4.51. The van der Waals surface area contributed by atoms with Crippen molar-refractivity contribution in [2.24, 2.45) is 0 Å². The van der Waals surface area contributed by atoms with Gasteiger partial charge in [0.05, 0.1) is 13.2 Å². The molecule has 1 aliphatic rings. The summed E-state index contributed by atoms with van der Waals surface area (Å²) >= 11 is 1.73. The maximum atomic E-state index is 9.12. The Hall–Kier alpha value is -0.450. The van der Waals surface area contributed by atoms with Crippen molar-refractivity contribution in [2.45, 2.75) is 45.2 Å². The zero-order valence-electron chi connectivity index (χ0n) is 9.85. The van der Waals surface area contributed by atoms with Crippen molar-refractivity contribution in [1.82, 2.24) is 9.88 Å². The third-order valence-electron chi connectivity index (χ3n) is 3.23. The van der Waals surface area contributed by atoms with Crippen LogP contribution in [0.5, 0.6) is 0 Å². The molecule has 1 aromatic heterocycles. The lowest BCUT2D eigenvalue weighted by Gasteiger charge is -2.26. The summed E-state index contributed by atoms with van der Waals surface area (Å²) in [6, 6.07) is 0.663. The van der Waals surface area contributed by atoms with Gasteiger partial charge in [-0.1, -0.05) is 12.8 Å². The fraction of sp³-hybridized carbons (Fsp3) is 0.750. The molecule has 0 unspecified atom stereocenters. The summed E-state index contributed by atoms with van der Waals surface area (Å²) in [5, 5.41) is 12.4. The Morgan fingerprint density at radius 1 is 1.50 bits per heavy atom. The van der Waals surface area contributed by atoms with E-state index in [1.807, 2.05) is 6.92 Å². The van der Waals surface area contributed by atoms with Crippen LogP contribution in [0.15, 0.2) is 5.38 Å². The smallest absolute Gasteiger partial charge is 0.107 e. The molecule has 0 spiro atoms. The number of aliphatic hydroxyl groups excluding tert-OH is 1. The van der Waals surface area contributed by atoms with Gasteiger partial charge in [-0.15, -0.1) is 11.3 Å². The second kappa shape index (κ2) is 5.75. The first-order chi connectivity index (χ1) is 7.79. The van der Waals surface area contributed by atoms with E-state index in [1.54, 1.807) is 11.3 Å². The lowest BCUT2D eigenvalue weighted by Crippen LogP contribution is -2.35. The summed E-state index contributed by atoms with van der Waals surface area (Å²) in [5.74, 6) is 0. The van der Waals surface area contributed by atoms with Gasteiger partial charge in [0.25, 0.3) is 0 Å². The molecule has 0 bridgehead atoms. The maximum absolute atomic E-state index is 9.12. The third-order valence-corrected chi connectivity index (χ3v) is 4.18. The SMILES string of the molecule is Cc1csc(CN(CCO)C2CCCC2)n1. The van der Waals surface area contributed by atoms with Crippen LogP contribution in [0.3, 0.4) is 0 Å². The predicted octanol–water partition coefficient (Wildman–Crippen LogP) is 2.19. The molecule has 0 saturated heterocycles. The first-order valence-corrected chi connectivity index (χ1v) is 6.93. The van der Waals surface area contributed by atoms with Crippen LogP contribution in [0.1, 0.15) is 36.4 Å². The highest BCUT2D eigenvalue weighted by Gasteiger charge is 2.22. The van der Waals surface area contributed by atoms with Crippen LogP contribution in [0.4, 0.5) is 0 Å². The summed E-state index contributed by atoms with van der Waals surface area (Å²) in [4.78, 5) is 6.89. The molecule has 4 heteroatoms. The number of aliphatic hydroxyl groups is 1. The molecule has 0 aromatic carbocycles. The molecule has 1 heterocycles. The fourth-order valence-corrected chi connectivity index (χ4v) is 3.23. The van der Waals surface area contributed by atoms with Crippen LogP contribution in [0.2, 0.25) is 0 Å². The quantitative estimate of drug-likeness (QED) is 0.857. The average Bonchev–Trinajstić information content (AvgIpc) is 2.88. The van der Waals surface area contributed by atoms with E-state index in [9.17, 15) is 0 Å². The van der Waals surface area contributed by atoms with Crippen molar-refractivity contribution >= 4 is 11.3 Å². The topological polar surface area (TPSA) is 36.4 Å². The van der Waals surface area contributed by atoms with Crippen molar-refractivity contribution in [3.05, 3.63) is 16.1 Å². The van der Waals surface area contributed by atoms with Crippen molar-refractivity contribution < 1.29 is 5.11 Å². The van der Waals surface area contributed by atoms with Gasteiger partial charge in [0.2, 0.25) is 0 Å². The standard InChI is InChI=1S/C12H20N2OS/c1-10-9-16-12(13-10)8-14(6-7-15)11-4-2-3-5-11/h9,11,15H,2-8H2,1H3. The van der Waals surface area contributed by atoms with Crippen LogP contribution < -0.4 is 0 Å². The van der Waals surface area contributed by atoms with Gasteiger partial charge in [0.1, 0.15) is 5.01 Å². The molecule has 0 amide bonds. The Balaban J connectivity index is 1.96. The lowest BCUT2D eigenvalue weighted by molar-refractivity contribution is 0.144. The van der Waals surface area contributed by atoms with Gasteiger partial charge in [-0.05, 0) is 19.8 Å². The molecule has 1 N–H and O–H groups in total. The van der Waals surface area contributed by atoms with E-state index in [4.69, 9.17) is 5.11 Å². The molecule has 1 aromatic rings. The van der Waals surface area contributed by atoms with E-state index < -0.39 is 0 Å². The number of aromatic nitrogens is 1. The minimum atomic E-state index is 0.251. The number of hydrogen-bond donors (Lipinski definition) is 1. The predicted molar refractivity (Wildman–Crippen MR) is 66.6 cm³/mol. The van der Waals surface area contributed by atoms with Crippen LogP contribution in [0, 0.1) is 6.92 Å². The Bertz CT molecular complexity index is 321. The van der Waals surface area contributed by atoms with Gasteiger partial charge in [0.15, 0.2) is 0 Å². The molecule has 1 aliphatic carbocycles. The molecule has 0 aliphatic heterocycles. The van der Waals surface area contributed by atoms with Crippen molar-refractivity contribution in [2.75, 3.05) is 13.2 Å². The summed E-state index contributed by atoms with van der Waals surface area (Å²) in [6.45, 7) is 3.97. The molecule has 3 nitrogen and oxygen atoms in total. The number of hydrogen-bond acceptors (Lipinski definition) is 4. The Kier molecular flexibility index (Phi) is 4.32. The Morgan fingerprint density at radius 3 is 2.81 bits per heavy atom. The van der Waals surface area contributed by atoms with Gasteiger partial charge in [-0.2, -0.15) is 0 Å². The van der Waals surface area contributed by atoms with Crippen molar-refractivity contribution in [3.63, 3.8) is 0 Å². The number of thiazole rings is 1. The third kappa shape index (κ3) is 3.03. The zero-order chi connectivity index (χ0) is 11.4. The van der Waals surface area contributed by atoms with Crippen molar-refractivity contribution in [3.8, 4) is 0 Å². The van der Waals surface area contributed by atoms with E-state index >= 15 is 0 Å². The van der Waals surface area contributed by atoms with E-state index in [2.05, 4.69) is 15.3 Å². The van der Waals surface area contributed by atoms with Crippen LogP contribution in [-0.2, 0) is 6.54 Å². The molecule has 16 heavy (non-hydrogen) atoms. The fourth-order valence-electron chi connectivity index (χ4n) is 2.44. The summed E-state index contributed by atoms with van der Waals surface area (Å²) in [6.07, 6.45) is 5.24. The van der Waals surface area contributed by atoms with Gasteiger partial charge >= 0.3 is 0 Å². The van der Waals surface area contributed by atoms with E-state index in [1.165, 1.54) is 30.7 Å². The van der Waals surface area contributed by atoms with Crippen LogP contribution >= 0.6 is 11.3 Å². The zero-order valence-corrected chi connectivity index (χ0v) is 10.7. The van der Waals surface area contributed by atoms with Gasteiger partial charge < -0.3 is 5.11 Å². The molecule has 1 fully saturated rings. The lowest BCUT2D eigenvalue weighted by atomic mass is 10.2. The van der Waals surface area contributed by atoms with E-state index in [-0.39, 0.29) is 6.61 Å². The first kappa shape index (κ1) is 12.0. The van der Waals surface area contributed by atoms with E-state index in [0.717, 1.165) is 18.8 Å². The largest absolute Gasteiger partial charge is 0.395 e. The highest BCUT2D eigenvalue weighted by atomic mass is 32.1. The summed E-state index contributed by atoms with van der Waals surface area (Å²) in [5.41, 5.74) is 1.11.